The Morgan fingerprint density at radius 1 is 1.00 bits per heavy atom. The summed E-state index contributed by atoms with van der Waals surface area (Å²) in [6, 6.07) is 13.6. The van der Waals surface area contributed by atoms with E-state index in [1.54, 1.807) is 41.0 Å². The molecule has 4 aromatic rings. The number of carbonyl (C=O) groups is 1. The van der Waals surface area contributed by atoms with E-state index >= 15 is 0 Å². The summed E-state index contributed by atoms with van der Waals surface area (Å²) >= 11 is 0. The lowest BCUT2D eigenvalue weighted by Gasteiger charge is -2.36. The highest BCUT2D eigenvalue weighted by atomic mass is 19.1. The van der Waals surface area contributed by atoms with Crippen LogP contribution in [0, 0.1) is 5.82 Å². The van der Waals surface area contributed by atoms with E-state index in [1.165, 1.54) is 29.2 Å². The van der Waals surface area contributed by atoms with Crippen molar-refractivity contribution in [2.24, 2.45) is 0 Å². The number of aromatic nitrogens is 4. The van der Waals surface area contributed by atoms with Gasteiger partial charge in [0.2, 0.25) is 5.91 Å². The van der Waals surface area contributed by atoms with Gasteiger partial charge in [-0.3, -0.25) is 14.2 Å². The molecule has 0 atom stereocenters. The SMILES string of the molecule is COc1ccc(-n2ncc3c(=O)n(CC(=O)N4CCN(c5ccc(F)cc5)CC4)cnc32)cc1. The summed E-state index contributed by atoms with van der Waals surface area (Å²) in [7, 11) is 1.59. The van der Waals surface area contributed by atoms with E-state index in [1.807, 2.05) is 12.1 Å². The molecular weight excluding hydrogens is 439 g/mol. The summed E-state index contributed by atoms with van der Waals surface area (Å²) in [5.41, 5.74) is 1.78. The van der Waals surface area contributed by atoms with E-state index in [0.717, 1.165) is 11.4 Å². The highest BCUT2D eigenvalue weighted by molar-refractivity contribution is 5.78. The van der Waals surface area contributed by atoms with Crippen LogP contribution in [0.3, 0.4) is 0 Å². The zero-order valence-electron chi connectivity index (χ0n) is 18.6. The molecule has 34 heavy (non-hydrogen) atoms. The fourth-order valence-electron chi connectivity index (χ4n) is 4.09. The van der Waals surface area contributed by atoms with Gasteiger partial charge in [-0.1, -0.05) is 0 Å². The Kier molecular flexibility index (Phi) is 5.70. The van der Waals surface area contributed by atoms with E-state index in [9.17, 15) is 14.0 Å². The number of methoxy groups -OCH3 is 1. The molecule has 2 aromatic heterocycles. The molecule has 0 unspecified atom stereocenters. The quantitative estimate of drug-likeness (QED) is 0.452. The van der Waals surface area contributed by atoms with E-state index in [2.05, 4.69) is 15.0 Å². The van der Waals surface area contributed by atoms with Gasteiger partial charge in [0, 0.05) is 31.9 Å². The normalized spacial score (nSPS) is 13.9. The molecule has 0 aliphatic carbocycles. The Labute approximate surface area is 194 Å². The first kappa shape index (κ1) is 21.6. The second-order valence-corrected chi connectivity index (χ2v) is 8.01. The number of rotatable bonds is 5. The number of nitrogens with zero attached hydrogens (tertiary/aromatic N) is 6. The topological polar surface area (TPSA) is 85.5 Å². The van der Waals surface area contributed by atoms with Crippen molar-refractivity contribution < 1.29 is 13.9 Å². The third-order valence-electron chi connectivity index (χ3n) is 6.00. The minimum atomic E-state index is -0.317. The molecule has 1 aliphatic rings. The van der Waals surface area contributed by atoms with Gasteiger partial charge < -0.3 is 14.5 Å². The monoisotopic (exact) mass is 462 g/mol. The van der Waals surface area contributed by atoms with Gasteiger partial charge in [-0.2, -0.15) is 5.10 Å². The van der Waals surface area contributed by atoms with Crippen LogP contribution in [0.15, 0.2) is 65.8 Å². The van der Waals surface area contributed by atoms with Gasteiger partial charge in [0.05, 0.1) is 19.0 Å². The van der Waals surface area contributed by atoms with Gasteiger partial charge in [0.1, 0.15) is 29.8 Å². The molecular formula is C24H23FN6O3. The first-order valence-electron chi connectivity index (χ1n) is 10.9. The van der Waals surface area contributed by atoms with Crippen molar-refractivity contribution in [2.45, 2.75) is 6.54 Å². The Hall–Kier alpha value is -4.21. The summed E-state index contributed by atoms with van der Waals surface area (Å²) in [5.74, 6) is 0.292. The molecule has 1 fully saturated rings. The number of ether oxygens (including phenoxy) is 1. The lowest BCUT2D eigenvalue weighted by Crippen LogP contribution is -2.50. The first-order valence-corrected chi connectivity index (χ1v) is 10.9. The maximum absolute atomic E-state index is 13.2. The van der Waals surface area contributed by atoms with Gasteiger partial charge >= 0.3 is 0 Å². The average molecular weight is 462 g/mol. The van der Waals surface area contributed by atoms with E-state index in [0.29, 0.717) is 43.0 Å². The number of halogens is 1. The molecule has 10 heteroatoms. The van der Waals surface area contributed by atoms with Crippen LogP contribution in [0.25, 0.3) is 16.7 Å². The Bertz CT molecular complexity index is 1370. The lowest BCUT2D eigenvalue weighted by molar-refractivity contribution is -0.132. The largest absolute Gasteiger partial charge is 0.497 e. The average Bonchev–Trinajstić information content (AvgIpc) is 3.31. The number of piperazine rings is 1. The predicted molar refractivity (Wildman–Crippen MR) is 125 cm³/mol. The second kappa shape index (κ2) is 8.97. The van der Waals surface area contributed by atoms with Crippen molar-refractivity contribution >= 4 is 22.6 Å². The predicted octanol–water partition coefficient (Wildman–Crippen LogP) is 2.08. The molecule has 2 aromatic carbocycles. The van der Waals surface area contributed by atoms with Gasteiger partial charge in [-0.05, 0) is 48.5 Å². The van der Waals surface area contributed by atoms with Crippen LogP contribution in [0.4, 0.5) is 10.1 Å². The highest BCUT2D eigenvalue weighted by Crippen LogP contribution is 2.19. The molecule has 9 nitrogen and oxygen atoms in total. The summed E-state index contributed by atoms with van der Waals surface area (Å²) in [4.78, 5) is 34.1. The molecule has 1 amide bonds. The van der Waals surface area contributed by atoms with Crippen LogP contribution in [0.5, 0.6) is 5.75 Å². The van der Waals surface area contributed by atoms with Gasteiger partial charge in [0.15, 0.2) is 5.65 Å². The summed E-state index contributed by atoms with van der Waals surface area (Å²) < 4.78 is 21.2. The van der Waals surface area contributed by atoms with Crippen molar-refractivity contribution in [1.82, 2.24) is 24.2 Å². The summed E-state index contributed by atoms with van der Waals surface area (Å²) in [5, 5.41) is 4.65. The Balaban J connectivity index is 1.28. The van der Waals surface area contributed by atoms with Crippen molar-refractivity contribution in [2.75, 3.05) is 38.2 Å². The molecule has 0 spiro atoms. The molecule has 174 valence electrons. The molecule has 5 rings (SSSR count). The number of anilines is 1. The van der Waals surface area contributed by atoms with Gasteiger partial charge in [-0.15, -0.1) is 0 Å². The van der Waals surface area contributed by atoms with Gasteiger partial charge in [-0.25, -0.2) is 14.1 Å². The number of fused-ring (bicyclic) bond motifs is 1. The number of hydrogen-bond acceptors (Lipinski definition) is 6. The lowest BCUT2D eigenvalue weighted by atomic mass is 10.2. The van der Waals surface area contributed by atoms with Crippen molar-refractivity contribution in [3.05, 3.63) is 77.2 Å². The number of carbonyl (C=O) groups excluding carboxylic acids is 1. The smallest absolute Gasteiger partial charge is 0.264 e. The summed E-state index contributed by atoms with van der Waals surface area (Å²) in [6.07, 6.45) is 2.86. The van der Waals surface area contributed by atoms with Crippen LogP contribution in [0.2, 0.25) is 0 Å². The highest BCUT2D eigenvalue weighted by Gasteiger charge is 2.22. The summed E-state index contributed by atoms with van der Waals surface area (Å²) in [6.45, 7) is 2.23. The van der Waals surface area contributed by atoms with E-state index < -0.39 is 0 Å². The zero-order chi connectivity index (χ0) is 23.7. The van der Waals surface area contributed by atoms with E-state index in [4.69, 9.17) is 4.74 Å². The Morgan fingerprint density at radius 2 is 1.68 bits per heavy atom. The fourth-order valence-corrected chi connectivity index (χ4v) is 4.09. The zero-order valence-corrected chi connectivity index (χ0v) is 18.6. The third-order valence-corrected chi connectivity index (χ3v) is 6.00. The first-order chi connectivity index (χ1) is 16.5. The molecule has 0 saturated carbocycles. The molecule has 0 bridgehead atoms. The van der Waals surface area contributed by atoms with Crippen LogP contribution in [-0.4, -0.2) is 63.4 Å². The van der Waals surface area contributed by atoms with Crippen LogP contribution >= 0.6 is 0 Å². The van der Waals surface area contributed by atoms with E-state index in [-0.39, 0.29) is 23.8 Å². The van der Waals surface area contributed by atoms with Crippen LogP contribution in [-0.2, 0) is 11.3 Å². The second-order valence-electron chi connectivity index (χ2n) is 8.01. The Morgan fingerprint density at radius 3 is 2.35 bits per heavy atom. The molecule has 1 aliphatic heterocycles. The van der Waals surface area contributed by atoms with Crippen LogP contribution < -0.4 is 15.2 Å². The standard InChI is InChI=1S/C24H23FN6O3/c1-34-20-8-6-19(7-9-20)31-23-21(14-27-31)24(33)30(16-26-23)15-22(32)29-12-10-28(11-13-29)18-4-2-17(25)3-5-18/h2-9,14,16H,10-13,15H2,1H3. The number of amides is 1. The number of benzene rings is 2. The molecule has 0 radical (unpaired) electrons. The maximum Gasteiger partial charge on any atom is 0.264 e. The number of hydrogen-bond donors (Lipinski definition) is 0. The minimum Gasteiger partial charge on any atom is -0.497 e. The van der Waals surface area contributed by atoms with Crippen molar-refractivity contribution in [1.29, 1.82) is 0 Å². The molecule has 1 saturated heterocycles. The van der Waals surface area contributed by atoms with Crippen molar-refractivity contribution in [3.8, 4) is 11.4 Å². The maximum atomic E-state index is 13.2. The van der Waals surface area contributed by atoms with Crippen LogP contribution in [0.1, 0.15) is 0 Å². The van der Waals surface area contributed by atoms with Gasteiger partial charge in [0.25, 0.3) is 5.56 Å². The molecule has 3 heterocycles. The fraction of sp³-hybridized carbons (Fsp3) is 0.250. The third kappa shape index (κ3) is 4.09. The molecule has 0 N–H and O–H groups in total. The van der Waals surface area contributed by atoms with Crippen molar-refractivity contribution in [3.63, 3.8) is 0 Å². The minimum absolute atomic E-state index is 0.0912.